The zero-order valence-corrected chi connectivity index (χ0v) is 18.5. The minimum absolute atomic E-state index is 0. The topological polar surface area (TPSA) is 114 Å². The number of nitro groups is 1. The molecule has 0 heterocycles. The maximum atomic E-state index is 10.6. The number of benzene rings is 2. The first kappa shape index (κ1) is 25.9. The summed E-state index contributed by atoms with van der Waals surface area (Å²) in [5, 5.41) is 27.5. The molecule has 9 nitrogen and oxygen atoms in total. The zero-order chi connectivity index (χ0) is 16.8. The smallest absolute Gasteiger partial charge is 0.430 e. The fourth-order valence-electron chi connectivity index (χ4n) is 1.77. The zero-order valence-electron chi connectivity index (χ0n) is 13.9. The molecule has 0 atom stereocenters. The van der Waals surface area contributed by atoms with E-state index in [9.17, 15) is 10.1 Å². The van der Waals surface area contributed by atoms with E-state index < -0.39 is 4.92 Å². The number of diazo groups is 1. The molecule has 0 saturated heterocycles. The van der Waals surface area contributed by atoms with E-state index in [0.29, 0.717) is 22.9 Å². The van der Waals surface area contributed by atoms with E-state index in [-0.39, 0.29) is 55.7 Å². The summed E-state index contributed by atoms with van der Waals surface area (Å²) in [7, 11) is 2.86. The van der Waals surface area contributed by atoms with Gasteiger partial charge in [-0.2, -0.15) is 5.11 Å². The van der Waals surface area contributed by atoms with Gasteiger partial charge in [-0.1, -0.05) is 0 Å². The number of hydrogen-bond donors (Lipinski definition) is 0. The number of nitro benzene ring substituents is 1. The van der Waals surface area contributed by atoms with Crippen LogP contribution in [0.5, 0.6) is 11.5 Å². The first-order valence-electron chi connectivity index (χ1n) is 6.36. The number of hydrogen-bond acceptors (Lipinski definition) is 7. The first-order valence-corrected chi connectivity index (χ1v) is 6.36. The molecule has 2 rings (SSSR count). The van der Waals surface area contributed by atoms with Gasteiger partial charge in [0, 0.05) is 37.7 Å². The quantitative estimate of drug-likeness (QED) is 0.199. The Balaban J connectivity index is 0. The average Bonchev–Trinajstić information content (AvgIpc) is 2.59. The van der Waals surface area contributed by atoms with Gasteiger partial charge in [0.25, 0.3) is 5.69 Å². The van der Waals surface area contributed by atoms with Crippen LogP contribution in [0.15, 0.2) is 46.6 Å². The second-order valence-electron chi connectivity index (χ2n) is 4.27. The Labute approximate surface area is 174 Å². The van der Waals surface area contributed by atoms with Gasteiger partial charge in [0.05, 0.1) is 30.9 Å². The Kier molecular flexibility index (Phi) is 12.0. The predicted octanol–water partition coefficient (Wildman–Crippen LogP) is 5.35. The molecule has 0 saturated carbocycles. The van der Waals surface area contributed by atoms with E-state index >= 15 is 0 Å². The standard InChI is InChI=1S/C14H12N5O4.2ClH.Zn/c1-22-13-8-12(14(23-2)7-11(13)16-15)18-17-9-3-5-10(6-4-9)19(20)21;;;/h3-8H,1-2H3;2*1H;/q+1;;;. The van der Waals surface area contributed by atoms with E-state index in [1.54, 1.807) is 0 Å². The van der Waals surface area contributed by atoms with E-state index in [1.807, 2.05) is 0 Å². The van der Waals surface area contributed by atoms with Crippen LogP contribution in [0.2, 0.25) is 0 Å². The van der Waals surface area contributed by atoms with Gasteiger partial charge in [-0.3, -0.25) is 10.1 Å². The molecule has 0 unspecified atom stereocenters. The maximum Gasteiger partial charge on any atom is 0.430 e. The minimum Gasteiger partial charge on any atom is -0.494 e. The molecule has 2 aromatic carbocycles. The monoisotopic (exact) mass is 450 g/mol. The van der Waals surface area contributed by atoms with E-state index in [0.717, 1.165) is 0 Å². The summed E-state index contributed by atoms with van der Waals surface area (Å²) < 4.78 is 10.2. The van der Waals surface area contributed by atoms with Crippen LogP contribution in [0.25, 0.3) is 4.98 Å². The third-order valence-corrected chi connectivity index (χ3v) is 2.92. The Hall–Kier alpha value is -2.34. The fraction of sp³-hybridized carbons (Fsp3) is 0.143. The van der Waals surface area contributed by atoms with Gasteiger partial charge in [-0.05, 0) is 12.1 Å². The number of nitrogens with zero attached hydrogens (tertiary/aromatic N) is 5. The molecule has 134 valence electrons. The molecule has 0 spiro atoms. The number of halogens is 2. The van der Waals surface area contributed by atoms with E-state index in [2.05, 4.69) is 15.2 Å². The molecule has 12 heteroatoms. The number of ether oxygens (including phenoxy) is 2. The summed E-state index contributed by atoms with van der Waals surface area (Å²) in [6.07, 6.45) is 0. The van der Waals surface area contributed by atoms with Crippen LogP contribution >= 0.6 is 24.8 Å². The van der Waals surface area contributed by atoms with Crippen molar-refractivity contribution < 1.29 is 33.9 Å². The fourth-order valence-corrected chi connectivity index (χ4v) is 1.77. The van der Waals surface area contributed by atoms with Crippen LogP contribution in [0, 0.1) is 15.5 Å². The number of azo groups is 1. The van der Waals surface area contributed by atoms with Crippen molar-refractivity contribution in [1.82, 2.24) is 0 Å². The van der Waals surface area contributed by atoms with Gasteiger partial charge >= 0.3 is 5.69 Å². The van der Waals surface area contributed by atoms with Gasteiger partial charge in [-0.15, -0.1) is 29.9 Å². The molecule has 0 aromatic heterocycles. The molecule has 0 bridgehead atoms. The molecule has 0 aliphatic carbocycles. The molecule has 0 aliphatic heterocycles. The van der Waals surface area contributed by atoms with Crippen molar-refractivity contribution >= 4 is 47.6 Å². The Morgan fingerprint density at radius 1 is 1.04 bits per heavy atom. The van der Waals surface area contributed by atoms with Crippen molar-refractivity contribution in [3.05, 3.63) is 51.5 Å². The summed E-state index contributed by atoms with van der Waals surface area (Å²) in [4.78, 5) is 13.2. The summed E-state index contributed by atoms with van der Waals surface area (Å²) in [5.41, 5.74) is 0.957. The van der Waals surface area contributed by atoms with Crippen molar-refractivity contribution in [3.63, 3.8) is 0 Å². The molecular formula is C14H14Cl2N5O4Zn+. The Morgan fingerprint density at radius 2 is 1.62 bits per heavy atom. The van der Waals surface area contributed by atoms with E-state index in [1.165, 1.54) is 50.6 Å². The number of non-ortho nitro benzene ring substituents is 1. The van der Waals surface area contributed by atoms with Crippen molar-refractivity contribution in [2.75, 3.05) is 14.2 Å². The van der Waals surface area contributed by atoms with Crippen molar-refractivity contribution in [2.24, 2.45) is 10.2 Å². The second-order valence-corrected chi connectivity index (χ2v) is 4.27. The van der Waals surface area contributed by atoms with Crippen molar-refractivity contribution in [3.8, 4) is 11.5 Å². The van der Waals surface area contributed by atoms with Gasteiger partial charge in [0.15, 0.2) is 10.7 Å². The third-order valence-electron chi connectivity index (χ3n) is 2.92. The molecular weight excluding hydrogens is 438 g/mol. The number of rotatable bonds is 5. The molecule has 0 amide bonds. The Morgan fingerprint density at radius 3 is 2.08 bits per heavy atom. The van der Waals surface area contributed by atoms with Crippen LogP contribution in [0.1, 0.15) is 0 Å². The third kappa shape index (κ3) is 6.19. The summed E-state index contributed by atoms with van der Waals surface area (Å²) in [6, 6.07) is 8.57. The molecule has 2 aromatic rings. The van der Waals surface area contributed by atoms with Gasteiger partial charge < -0.3 is 9.47 Å². The van der Waals surface area contributed by atoms with Crippen LogP contribution in [-0.2, 0) is 19.5 Å². The molecule has 0 fully saturated rings. The molecule has 26 heavy (non-hydrogen) atoms. The molecule has 0 radical (unpaired) electrons. The number of methoxy groups -OCH3 is 2. The van der Waals surface area contributed by atoms with Crippen LogP contribution in [-0.4, -0.2) is 19.1 Å². The average molecular weight is 453 g/mol. The van der Waals surface area contributed by atoms with E-state index in [4.69, 9.17) is 14.9 Å². The van der Waals surface area contributed by atoms with Crippen molar-refractivity contribution in [1.29, 1.82) is 5.39 Å². The molecule has 0 aliphatic rings. The molecule has 0 N–H and O–H groups in total. The van der Waals surface area contributed by atoms with Gasteiger partial charge in [0.1, 0.15) is 5.69 Å². The minimum atomic E-state index is -0.494. The Bertz CT molecular complexity index is 812. The summed E-state index contributed by atoms with van der Waals surface area (Å²) in [6.45, 7) is 0. The normalized spacial score (nSPS) is 9.12. The van der Waals surface area contributed by atoms with Crippen LogP contribution < -0.4 is 9.47 Å². The SMILES string of the molecule is COc1cc([N+]#N)c(OC)cc1N=Nc1ccc([N+](=O)[O-])cc1.Cl.Cl.[Zn]. The predicted molar refractivity (Wildman–Crippen MR) is 96.1 cm³/mol. The summed E-state index contributed by atoms with van der Waals surface area (Å²) >= 11 is 0. The second kappa shape index (κ2) is 12.1. The largest absolute Gasteiger partial charge is 0.494 e. The van der Waals surface area contributed by atoms with Gasteiger partial charge in [0.2, 0.25) is 11.1 Å². The van der Waals surface area contributed by atoms with Crippen molar-refractivity contribution in [2.45, 2.75) is 0 Å². The maximum absolute atomic E-state index is 10.6. The van der Waals surface area contributed by atoms with Crippen LogP contribution in [0.4, 0.5) is 22.7 Å². The summed E-state index contributed by atoms with van der Waals surface area (Å²) in [5.74, 6) is 0.634. The van der Waals surface area contributed by atoms with Gasteiger partial charge in [-0.25, -0.2) is 0 Å². The first-order chi connectivity index (χ1) is 11.1. The van der Waals surface area contributed by atoms with Crippen LogP contribution in [0.3, 0.4) is 0 Å².